The average molecular weight is 305 g/mol. The molecule has 108 valence electrons. The first-order chi connectivity index (χ1) is 10.1. The highest BCUT2D eigenvalue weighted by Gasteiger charge is 2.22. The lowest BCUT2D eigenvalue weighted by Gasteiger charge is -2.31. The highest BCUT2D eigenvalue weighted by molar-refractivity contribution is 6.33. The summed E-state index contributed by atoms with van der Waals surface area (Å²) in [5.74, 6) is 0.552. The number of benzene rings is 1. The minimum atomic E-state index is -0.508. The predicted octanol–water partition coefficient (Wildman–Crippen LogP) is 2.79. The quantitative estimate of drug-likeness (QED) is 0.524. The van der Waals surface area contributed by atoms with Gasteiger partial charge in [0, 0.05) is 24.8 Å². The molecule has 6 nitrogen and oxygen atoms in total. The summed E-state index contributed by atoms with van der Waals surface area (Å²) >= 11 is 6.13. The van der Waals surface area contributed by atoms with Crippen molar-refractivity contribution in [2.24, 2.45) is 0 Å². The minimum absolute atomic E-state index is 0.110. The van der Waals surface area contributed by atoms with Crippen LogP contribution in [0, 0.1) is 10.1 Å². The summed E-state index contributed by atoms with van der Waals surface area (Å²) in [6.45, 7) is 1.35. The summed E-state index contributed by atoms with van der Waals surface area (Å²) in [6.07, 6.45) is 2.07. The van der Waals surface area contributed by atoms with Crippen LogP contribution in [-0.2, 0) is 13.0 Å². The summed E-state index contributed by atoms with van der Waals surface area (Å²) in [5, 5.41) is 11.0. The number of aromatic nitrogens is 1. The van der Waals surface area contributed by atoms with E-state index in [1.54, 1.807) is 0 Å². The van der Waals surface area contributed by atoms with Gasteiger partial charge < -0.3 is 10.6 Å². The monoisotopic (exact) mass is 304 g/mol. The molecule has 0 fully saturated rings. The van der Waals surface area contributed by atoms with Crippen molar-refractivity contribution in [1.29, 1.82) is 0 Å². The largest absolute Gasteiger partial charge is 0.398 e. The van der Waals surface area contributed by atoms with Crippen LogP contribution >= 0.6 is 11.6 Å². The molecule has 0 saturated carbocycles. The Kier molecular flexibility index (Phi) is 3.39. The molecule has 0 saturated heterocycles. The first-order valence-electron chi connectivity index (χ1n) is 6.47. The van der Waals surface area contributed by atoms with Gasteiger partial charge in [0.25, 0.3) is 5.69 Å². The van der Waals surface area contributed by atoms with E-state index in [1.165, 1.54) is 17.8 Å². The van der Waals surface area contributed by atoms with Crippen molar-refractivity contribution >= 4 is 28.8 Å². The van der Waals surface area contributed by atoms with Crippen LogP contribution in [0.2, 0.25) is 5.02 Å². The number of nitrogens with two attached hydrogens (primary N) is 1. The Balaban J connectivity index is 1.93. The Hall–Kier alpha value is -2.34. The van der Waals surface area contributed by atoms with Crippen LogP contribution in [-0.4, -0.2) is 16.5 Å². The third kappa shape index (κ3) is 2.50. The highest BCUT2D eigenvalue weighted by atomic mass is 35.5. The predicted molar refractivity (Wildman–Crippen MR) is 81.5 cm³/mol. The molecule has 0 bridgehead atoms. The van der Waals surface area contributed by atoms with Crippen LogP contribution < -0.4 is 10.6 Å². The summed E-state index contributed by atoms with van der Waals surface area (Å²) in [4.78, 5) is 16.3. The van der Waals surface area contributed by atoms with E-state index in [-0.39, 0.29) is 10.7 Å². The molecule has 21 heavy (non-hydrogen) atoms. The van der Waals surface area contributed by atoms with E-state index in [0.717, 1.165) is 24.2 Å². The topological polar surface area (TPSA) is 85.3 Å². The molecule has 0 aliphatic carbocycles. The maximum Gasteiger partial charge on any atom is 0.289 e. The van der Waals surface area contributed by atoms with E-state index in [0.29, 0.717) is 12.4 Å². The van der Waals surface area contributed by atoms with Crippen molar-refractivity contribution in [3.63, 3.8) is 0 Å². The molecule has 1 aliphatic rings. The smallest absolute Gasteiger partial charge is 0.289 e. The van der Waals surface area contributed by atoms with Gasteiger partial charge in [-0.1, -0.05) is 23.7 Å². The van der Waals surface area contributed by atoms with Crippen LogP contribution in [0.5, 0.6) is 0 Å². The van der Waals surface area contributed by atoms with Gasteiger partial charge in [0.2, 0.25) is 0 Å². The zero-order valence-corrected chi connectivity index (χ0v) is 11.9. The van der Waals surface area contributed by atoms with Crippen LogP contribution in [0.15, 0.2) is 30.5 Å². The molecule has 1 aromatic carbocycles. The minimum Gasteiger partial charge on any atom is -0.398 e. The number of fused-ring (bicyclic) bond motifs is 1. The van der Waals surface area contributed by atoms with Crippen molar-refractivity contribution in [2.75, 3.05) is 17.2 Å². The molecule has 0 spiro atoms. The average Bonchev–Trinajstić information content (AvgIpc) is 2.47. The summed E-state index contributed by atoms with van der Waals surface area (Å²) in [6, 6.07) is 7.20. The fourth-order valence-corrected chi connectivity index (χ4v) is 2.82. The van der Waals surface area contributed by atoms with Crippen LogP contribution in [0.25, 0.3) is 0 Å². The van der Waals surface area contributed by atoms with Gasteiger partial charge in [0.15, 0.2) is 0 Å². The molecule has 0 atom stereocenters. The van der Waals surface area contributed by atoms with E-state index in [2.05, 4.69) is 11.1 Å². The number of rotatable bonds is 2. The lowest BCUT2D eigenvalue weighted by molar-refractivity contribution is -0.385. The number of nitrogens with zero attached hydrogens (tertiary/aromatic N) is 3. The highest BCUT2D eigenvalue weighted by Crippen LogP contribution is 2.32. The van der Waals surface area contributed by atoms with E-state index >= 15 is 0 Å². The van der Waals surface area contributed by atoms with E-state index in [1.807, 2.05) is 17.0 Å². The number of nitrogen functional groups attached to an aromatic ring is 1. The van der Waals surface area contributed by atoms with E-state index in [4.69, 9.17) is 17.3 Å². The maximum atomic E-state index is 10.7. The molecule has 2 N–H and O–H groups in total. The summed E-state index contributed by atoms with van der Waals surface area (Å²) in [5.41, 5.74) is 8.94. The van der Waals surface area contributed by atoms with Crippen molar-refractivity contribution < 1.29 is 4.92 Å². The SMILES string of the molecule is Nc1cccc2c1CN(c1ncc([N+](=O)[O-])cc1Cl)CC2. The van der Waals surface area contributed by atoms with E-state index < -0.39 is 4.92 Å². The normalized spacial score (nSPS) is 13.9. The second-order valence-electron chi connectivity index (χ2n) is 4.91. The number of nitro groups is 1. The van der Waals surface area contributed by atoms with Crippen LogP contribution in [0.3, 0.4) is 0 Å². The van der Waals surface area contributed by atoms with Crippen LogP contribution in [0.1, 0.15) is 11.1 Å². The zero-order chi connectivity index (χ0) is 15.0. The number of hydrogen-bond donors (Lipinski definition) is 1. The third-order valence-corrected chi connectivity index (χ3v) is 3.91. The fourth-order valence-electron chi connectivity index (χ4n) is 2.54. The van der Waals surface area contributed by atoms with Gasteiger partial charge in [-0.3, -0.25) is 10.1 Å². The number of pyridine rings is 1. The van der Waals surface area contributed by atoms with Crippen molar-refractivity contribution in [2.45, 2.75) is 13.0 Å². The molecular formula is C14H13ClN4O2. The second-order valence-corrected chi connectivity index (χ2v) is 5.32. The molecule has 1 aliphatic heterocycles. The third-order valence-electron chi connectivity index (χ3n) is 3.63. The Morgan fingerprint density at radius 3 is 2.95 bits per heavy atom. The van der Waals surface area contributed by atoms with Gasteiger partial charge in [-0.05, 0) is 23.6 Å². The van der Waals surface area contributed by atoms with Crippen molar-refractivity contribution in [3.05, 3.63) is 56.7 Å². The Morgan fingerprint density at radius 1 is 1.43 bits per heavy atom. The number of hydrogen-bond acceptors (Lipinski definition) is 5. The Labute approximate surface area is 126 Å². The standard InChI is InChI=1S/C14H13ClN4O2/c15-12-6-10(19(20)21)7-17-14(12)18-5-4-9-2-1-3-13(16)11(9)8-18/h1-3,6-7H,4-5,8,16H2. The summed E-state index contributed by atoms with van der Waals surface area (Å²) in [7, 11) is 0. The molecule has 0 amide bonds. The number of anilines is 2. The van der Waals surface area contributed by atoms with Crippen LogP contribution in [0.4, 0.5) is 17.2 Å². The fraction of sp³-hybridized carbons (Fsp3) is 0.214. The van der Waals surface area contributed by atoms with Gasteiger partial charge in [0.05, 0.1) is 9.95 Å². The van der Waals surface area contributed by atoms with Gasteiger partial charge in [-0.25, -0.2) is 4.98 Å². The lowest BCUT2D eigenvalue weighted by atomic mass is 9.98. The van der Waals surface area contributed by atoms with Crippen molar-refractivity contribution in [1.82, 2.24) is 4.98 Å². The second kappa shape index (κ2) is 5.21. The molecule has 7 heteroatoms. The van der Waals surface area contributed by atoms with Crippen molar-refractivity contribution in [3.8, 4) is 0 Å². The van der Waals surface area contributed by atoms with Gasteiger partial charge >= 0.3 is 0 Å². The maximum absolute atomic E-state index is 10.7. The zero-order valence-electron chi connectivity index (χ0n) is 11.1. The molecule has 3 rings (SSSR count). The molecule has 2 aromatic rings. The Bertz CT molecular complexity index is 720. The molecule has 0 radical (unpaired) electrons. The Morgan fingerprint density at radius 2 is 2.24 bits per heavy atom. The van der Waals surface area contributed by atoms with E-state index in [9.17, 15) is 10.1 Å². The van der Waals surface area contributed by atoms with Gasteiger partial charge in [-0.15, -0.1) is 0 Å². The first-order valence-corrected chi connectivity index (χ1v) is 6.85. The number of halogens is 1. The molecule has 0 unspecified atom stereocenters. The molecular weight excluding hydrogens is 292 g/mol. The summed E-state index contributed by atoms with van der Waals surface area (Å²) < 4.78 is 0. The molecule has 2 heterocycles. The molecule has 1 aromatic heterocycles. The van der Waals surface area contributed by atoms with Gasteiger partial charge in [-0.2, -0.15) is 0 Å². The first kappa shape index (κ1) is 13.6. The lowest BCUT2D eigenvalue weighted by Crippen LogP contribution is -2.31. The van der Waals surface area contributed by atoms with Gasteiger partial charge in [0.1, 0.15) is 12.0 Å².